The van der Waals surface area contributed by atoms with E-state index in [1.54, 1.807) is 0 Å². The van der Waals surface area contributed by atoms with E-state index >= 15 is 0 Å². The summed E-state index contributed by atoms with van der Waals surface area (Å²) in [5.41, 5.74) is -0.604. The van der Waals surface area contributed by atoms with Crippen LogP contribution in [-0.4, -0.2) is 59.4 Å². The highest BCUT2D eigenvalue weighted by Crippen LogP contribution is 2.39. The Bertz CT molecular complexity index is 908. The molecule has 1 N–H and O–H groups in total. The van der Waals surface area contributed by atoms with Crippen LogP contribution < -0.4 is 5.32 Å². The molecule has 13 heteroatoms. The molecule has 1 heterocycles. The lowest BCUT2D eigenvalue weighted by atomic mass is 10.0. The molecule has 1 saturated heterocycles. The van der Waals surface area contributed by atoms with Gasteiger partial charge in [-0.05, 0) is 24.3 Å². The maximum atomic E-state index is 12.9. The van der Waals surface area contributed by atoms with Crippen molar-refractivity contribution >= 4 is 41.3 Å². The van der Waals surface area contributed by atoms with Crippen LogP contribution in [0.3, 0.4) is 0 Å². The van der Waals surface area contributed by atoms with Crippen molar-refractivity contribution < 1.29 is 51.3 Å². The van der Waals surface area contributed by atoms with Gasteiger partial charge in [0, 0.05) is 33.4 Å². The number of hydrogen-bond acceptors (Lipinski definition) is 10. The topological polar surface area (TPSA) is 117 Å². The lowest BCUT2D eigenvalue weighted by Crippen LogP contribution is -2.60. The van der Waals surface area contributed by atoms with Gasteiger partial charge in [-0.2, -0.15) is 13.2 Å². The summed E-state index contributed by atoms with van der Waals surface area (Å²) in [5.74, 6) is -2.82. The minimum absolute atomic E-state index is 0.242. The largest absolute Gasteiger partial charge is 0.465 e. The average molecular weight is 507 g/mol. The van der Waals surface area contributed by atoms with Crippen LogP contribution in [0, 0.1) is 0 Å². The van der Waals surface area contributed by atoms with E-state index in [0.29, 0.717) is 0 Å². The zero-order valence-corrected chi connectivity index (χ0v) is 19.5. The first kappa shape index (κ1) is 27.3. The minimum atomic E-state index is -4.52. The van der Waals surface area contributed by atoms with Gasteiger partial charge in [-0.15, -0.1) is 11.8 Å². The molecule has 0 aromatic heterocycles. The molecule has 1 aromatic rings. The summed E-state index contributed by atoms with van der Waals surface area (Å²) >= 11 is 1.05. The van der Waals surface area contributed by atoms with E-state index < -0.39 is 64.6 Å². The molecule has 0 saturated carbocycles. The van der Waals surface area contributed by atoms with E-state index in [-0.39, 0.29) is 12.3 Å². The molecule has 1 fully saturated rings. The van der Waals surface area contributed by atoms with Crippen LogP contribution in [0.25, 0.3) is 0 Å². The molecule has 9 nitrogen and oxygen atoms in total. The Morgan fingerprint density at radius 2 is 1.32 bits per heavy atom. The highest BCUT2D eigenvalue weighted by Gasteiger charge is 2.51. The molecular weight excluding hydrogens is 483 g/mol. The predicted octanol–water partition coefficient (Wildman–Crippen LogP) is 2.92. The predicted molar refractivity (Wildman–Crippen MR) is 114 cm³/mol. The first-order valence-corrected chi connectivity index (χ1v) is 11.0. The van der Waals surface area contributed by atoms with Gasteiger partial charge in [-0.25, -0.2) is 0 Å². The molecule has 0 bridgehead atoms. The van der Waals surface area contributed by atoms with Crippen molar-refractivity contribution in [3.63, 3.8) is 0 Å². The van der Waals surface area contributed by atoms with Crippen molar-refractivity contribution in [3.05, 3.63) is 29.8 Å². The Morgan fingerprint density at radius 3 is 1.79 bits per heavy atom. The van der Waals surface area contributed by atoms with Gasteiger partial charge in [0.25, 0.3) is 0 Å². The molecule has 0 spiro atoms. The standard InChI is InChI=1S/C21H24F3NO8S/c1-10(26)30-9-16-17(31-11(2)27)18(32-12(3)28)19(33-13(4)29)20(34-16)25-15-7-5-14(6-8-15)21(22,23)24/h5-8,16-20,25H,9H2,1-4H3/t16-,17-,18+,19-,20+/m1/s1. The Labute approximate surface area is 197 Å². The SMILES string of the molecule is CC(=O)OC[C@H]1S[C@H](Nc2ccc(C(F)(F)F)cc2)[C@H](OC(C)=O)[C@@H](OC(C)=O)[C@@H]1OC(C)=O. The first-order chi connectivity index (χ1) is 15.8. The van der Waals surface area contributed by atoms with Crippen LogP contribution in [0.2, 0.25) is 0 Å². The number of nitrogens with one attached hydrogen (secondary N) is 1. The fraction of sp³-hybridized carbons (Fsp3) is 0.524. The molecule has 0 amide bonds. The van der Waals surface area contributed by atoms with Crippen LogP contribution in [0.15, 0.2) is 24.3 Å². The quantitative estimate of drug-likeness (QED) is 0.436. The van der Waals surface area contributed by atoms with Crippen LogP contribution in [0.4, 0.5) is 18.9 Å². The molecule has 0 aliphatic carbocycles. The maximum absolute atomic E-state index is 12.9. The van der Waals surface area contributed by atoms with Crippen molar-refractivity contribution in [1.29, 1.82) is 0 Å². The lowest BCUT2D eigenvalue weighted by Gasteiger charge is -2.44. The average Bonchev–Trinajstić information content (AvgIpc) is 2.69. The molecule has 0 unspecified atom stereocenters. The number of hydrogen-bond donors (Lipinski definition) is 1. The molecule has 5 atom stereocenters. The first-order valence-electron chi connectivity index (χ1n) is 10.0. The molecule has 1 aliphatic heterocycles. The highest BCUT2D eigenvalue weighted by atomic mass is 32.2. The van der Waals surface area contributed by atoms with Crippen LogP contribution in [0.1, 0.15) is 33.3 Å². The van der Waals surface area contributed by atoms with Gasteiger partial charge in [0.1, 0.15) is 12.0 Å². The lowest BCUT2D eigenvalue weighted by molar-refractivity contribution is -0.185. The van der Waals surface area contributed by atoms with E-state index in [0.717, 1.165) is 44.7 Å². The van der Waals surface area contributed by atoms with E-state index in [9.17, 15) is 32.3 Å². The number of halogens is 3. The number of esters is 4. The van der Waals surface area contributed by atoms with Gasteiger partial charge in [0.2, 0.25) is 0 Å². The van der Waals surface area contributed by atoms with Crippen molar-refractivity contribution in [3.8, 4) is 0 Å². The van der Waals surface area contributed by atoms with Gasteiger partial charge < -0.3 is 24.3 Å². The summed E-state index contributed by atoms with van der Waals surface area (Å²) in [6.45, 7) is 4.30. The van der Waals surface area contributed by atoms with Gasteiger partial charge in [0.05, 0.1) is 10.8 Å². The second kappa shape index (κ2) is 11.4. The summed E-state index contributed by atoms with van der Waals surface area (Å²) < 4.78 is 59.8. The monoisotopic (exact) mass is 507 g/mol. The number of rotatable bonds is 7. The van der Waals surface area contributed by atoms with Crippen molar-refractivity contribution in [1.82, 2.24) is 0 Å². The summed E-state index contributed by atoms with van der Waals surface area (Å²) in [4.78, 5) is 46.8. The zero-order chi connectivity index (χ0) is 25.6. The van der Waals surface area contributed by atoms with Crippen molar-refractivity contribution in [2.24, 2.45) is 0 Å². The number of carbonyl (C=O) groups excluding carboxylic acids is 4. The highest BCUT2D eigenvalue weighted by molar-refractivity contribution is 8.00. The molecule has 0 radical (unpaired) electrons. The van der Waals surface area contributed by atoms with E-state index in [1.807, 2.05) is 0 Å². The third-order valence-corrected chi connectivity index (χ3v) is 5.95. The van der Waals surface area contributed by atoms with Gasteiger partial charge >= 0.3 is 30.1 Å². The van der Waals surface area contributed by atoms with E-state index in [4.69, 9.17) is 18.9 Å². The molecular formula is C21H24F3NO8S. The maximum Gasteiger partial charge on any atom is 0.416 e. The number of benzene rings is 1. The van der Waals surface area contributed by atoms with E-state index in [2.05, 4.69) is 5.32 Å². The summed E-state index contributed by atoms with van der Waals surface area (Å²) in [6.07, 6.45) is -8.17. The van der Waals surface area contributed by atoms with Gasteiger partial charge in [-0.3, -0.25) is 19.2 Å². The molecule has 1 aromatic carbocycles. The molecule has 34 heavy (non-hydrogen) atoms. The number of alkyl halides is 3. The van der Waals surface area contributed by atoms with Crippen molar-refractivity contribution in [2.45, 2.75) is 62.8 Å². The molecule has 1 aliphatic rings. The molecule has 188 valence electrons. The van der Waals surface area contributed by atoms with E-state index in [1.165, 1.54) is 19.1 Å². The van der Waals surface area contributed by atoms with Gasteiger partial charge in [-0.1, -0.05) is 0 Å². The van der Waals surface area contributed by atoms with Gasteiger partial charge in [0.15, 0.2) is 18.3 Å². The third-order valence-electron chi connectivity index (χ3n) is 4.51. The Morgan fingerprint density at radius 1 is 0.824 bits per heavy atom. The Hall–Kier alpha value is -2.96. The second-order valence-corrected chi connectivity index (χ2v) is 8.72. The van der Waals surface area contributed by atoms with Crippen LogP contribution in [-0.2, 0) is 44.3 Å². The van der Waals surface area contributed by atoms with Crippen LogP contribution in [0.5, 0.6) is 0 Å². The second-order valence-electron chi connectivity index (χ2n) is 7.34. The smallest absolute Gasteiger partial charge is 0.416 e. The minimum Gasteiger partial charge on any atom is -0.465 e. The normalized spacial score (nSPS) is 24.5. The zero-order valence-electron chi connectivity index (χ0n) is 18.7. The summed E-state index contributed by atoms with van der Waals surface area (Å²) in [7, 11) is 0. The fourth-order valence-electron chi connectivity index (χ4n) is 3.26. The van der Waals surface area contributed by atoms with Crippen molar-refractivity contribution in [2.75, 3.05) is 11.9 Å². The molecule has 2 rings (SSSR count). The Kier molecular flexibility index (Phi) is 9.19. The summed E-state index contributed by atoms with van der Waals surface area (Å²) in [5, 5.41) is 1.31. The fourth-order valence-corrected chi connectivity index (χ4v) is 4.72. The number of ether oxygens (including phenoxy) is 4. The summed E-state index contributed by atoms with van der Waals surface area (Å²) in [6, 6.07) is 4.12. The van der Waals surface area contributed by atoms with Crippen LogP contribution >= 0.6 is 11.8 Å². The Balaban J connectivity index is 2.43. The third kappa shape index (κ3) is 7.82. The number of carbonyl (C=O) groups is 4. The number of thioether (sulfide) groups is 1. The number of anilines is 1.